The molecule has 0 atom stereocenters. The zero-order valence-corrected chi connectivity index (χ0v) is 11.9. The number of aromatic carboxylic acids is 1. The zero-order valence-electron chi connectivity index (χ0n) is 11.9. The van der Waals surface area contributed by atoms with Crippen molar-refractivity contribution in [3.05, 3.63) is 35.5 Å². The molecule has 0 radical (unpaired) electrons. The summed E-state index contributed by atoms with van der Waals surface area (Å²) in [5, 5.41) is 13.4. The summed E-state index contributed by atoms with van der Waals surface area (Å²) in [5.41, 5.74) is 6.84. The molecule has 0 unspecified atom stereocenters. The lowest BCUT2D eigenvalue weighted by Gasteiger charge is -2.12. The fourth-order valence-corrected chi connectivity index (χ4v) is 1.98. The molecule has 0 saturated carbocycles. The summed E-state index contributed by atoms with van der Waals surface area (Å²) in [6, 6.07) is 7.14. The van der Waals surface area contributed by atoms with E-state index in [-0.39, 0.29) is 11.4 Å². The minimum absolute atomic E-state index is 0.00157. The van der Waals surface area contributed by atoms with Gasteiger partial charge in [0.1, 0.15) is 29.4 Å². The lowest BCUT2D eigenvalue weighted by Crippen LogP contribution is -2.09. The molecule has 2 aromatic rings. The van der Waals surface area contributed by atoms with Crippen molar-refractivity contribution in [2.45, 2.75) is 6.92 Å². The first-order chi connectivity index (χ1) is 10.1. The molecule has 21 heavy (non-hydrogen) atoms. The van der Waals surface area contributed by atoms with Crippen LogP contribution in [0.5, 0.6) is 5.75 Å². The van der Waals surface area contributed by atoms with Crippen molar-refractivity contribution in [3.8, 4) is 11.4 Å². The summed E-state index contributed by atoms with van der Waals surface area (Å²) < 4.78 is 11.9. The topological polar surface area (TPSA) is 99.6 Å². The number of nitrogens with two attached hydrogens (primary N) is 1. The largest absolute Gasteiger partial charge is 0.489 e. The highest BCUT2D eigenvalue weighted by Gasteiger charge is 2.21. The molecule has 1 aromatic carbocycles. The van der Waals surface area contributed by atoms with Crippen molar-refractivity contribution in [3.63, 3.8) is 0 Å². The van der Waals surface area contributed by atoms with Crippen LogP contribution in [0, 0.1) is 6.92 Å². The third-order valence-electron chi connectivity index (χ3n) is 2.95. The summed E-state index contributed by atoms with van der Waals surface area (Å²) in [7, 11) is 1.59. The van der Waals surface area contributed by atoms with Crippen LogP contribution >= 0.6 is 0 Å². The van der Waals surface area contributed by atoms with Gasteiger partial charge >= 0.3 is 5.97 Å². The average Bonchev–Trinajstić information content (AvgIpc) is 2.74. The maximum atomic E-state index is 11.2. The quantitative estimate of drug-likeness (QED) is 0.782. The van der Waals surface area contributed by atoms with Crippen LogP contribution < -0.4 is 10.5 Å². The number of anilines is 1. The Kier molecular flexibility index (Phi) is 4.44. The van der Waals surface area contributed by atoms with Gasteiger partial charge in [0.15, 0.2) is 0 Å². The number of nitrogens with zero attached hydrogens (tertiary/aromatic N) is 2. The van der Waals surface area contributed by atoms with Gasteiger partial charge < -0.3 is 20.3 Å². The van der Waals surface area contributed by atoms with Crippen LogP contribution in [0.4, 0.5) is 5.82 Å². The number of aryl methyl sites for hydroxylation is 1. The highest BCUT2D eigenvalue weighted by atomic mass is 16.5. The van der Waals surface area contributed by atoms with Crippen molar-refractivity contribution >= 4 is 11.8 Å². The van der Waals surface area contributed by atoms with Gasteiger partial charge in [0, 0.05) is 7.11 Å². The second kappa shape index (κ2) is 6.27. The van der Waals surface area contributed by atoms with Crippen LogP contribution in [-0.2, 0) is 4.74 Å². The average molecular weight is 291 g/mol. The maximum absolute atomic E-state index is 11.2. The van der Waals surface area contributed by atoms with E-state index in [0.717, 1.165) is 0 Å². The van der Waals surface area contributed by atoms with Gasteiger partial charge in [-0.15, -0.1) is 0 Å². The first-order valence-electron chi connectivity index (χ1n) is 6.35. The Hall–Kier alpha value is -2.54. The van der Waals surface area contributed by atoms with E-state index in [9.17, 15) is 4.79 Å². The third kappa shape index (κ3) is 2.97. The van der Waals surface area contributed by atoms with Gasteiger partial charge in [-0.2, -0.15) is 5.10 Å². The molecule has 0 aliphatic rings. The fraction of sp³-hybridized carbons (Fsp3) is 0.286. The number of para-hydroxylation sites is 2. The van der Waals surface area contributed by atoms with Crippen LogP contribution in [0.1, 0.15) is 16.1 Å². The van der Waals surface area contributed by atoms with E-state index >= 15 is 0 Å². The lowest BCUT2D eigenvalue weighted by atomic mass is 10.2. The Morgan fingerprint density at radius 2 is 2.10 bits per heavy atom. The van der Waals surface area contributed by atoms with Crippen LogP contribution in [0.25, 0.3) is 5.69 Å². The Bertz CT molecular complexity index is 652. The van der Waals surface area contributed by atoms with Gasteiger partial charge in [0.2, 0.25) is 0 Å². The summed E-state index contributed by atoms with van der Waals surface area (Å²) in [4.78, 5) is 11.2. The Labute approximate surface area is 121 Å². The summed E-state index contributed by atoms with van der Waals surface area (Å²) in [6.45, 7) is 2.42. The molecule has 7 nitrogen and oxygen atoms in total. The molecule has 1 aromatic heterocycles. The zero-order chi connectivity index (χ0) is 15.4. The van der Waals surface area contributed by atoms with E-state index in [0.29, 0.717) is 30.3 Å². The summed E-state index contributed by atoms with van der Waals surface area (Å²) in [6.07, 6.45) is 0. The predicted octanol–water partition coefficient (Wildman–Crippen LogP) is 1.49. The van der Waals surface area contributed by atoms with Gasteiger partial charge in [-0.1, -0.05) is 12.1 Å². The number of aromatic nitrogens is 2. The normalized spacial score (nSPS) is 10.6. The van der Waals surface area contributed by atoms with Gasteiger partial charge in [-0.05, 0) is 19.1 Å². The van der Waals surface area contributed by atoms with Crippen molar-refractivity contribution < 1.29 is 19.4 Å². The third-order valence-corrected chi connectivity index (χ3v) is 2.95. The molecule has 0 amide bonds. The molecule has 1 heterocycles. The SMILES string of the molecule is COCCOc1ccccc1-n1nc(C)c(C(=O)O)c1N. The number of carbonyl (C=O) groups is 1. The highest BCUT2D eigenvalue weighted by molar-refractivity contribution is 5.94. The van der Waals surface area contributed by atoms with E-state index in [1.54, 1.807) is 32.2 Å². The molecule has 112 valence electrons. The number of rotatable bonds is 6. The lowest BCUT2D eigenvalue weighted by molar-refractivity contribution is 0.0697. The molecule has 7 heteroatoms. The molecule has 2 rings (SSSR count). The Balaban J connectivity index is 2.43. The second-order valence-corrected chi connectivity index (χ2v) is 4.37. The number of hydrogen-bond acceptors (Lipinski definition) is 5. The van der Waals surface area contributed by atoms with E-state index in [4.69, 9.17) is 20.3 Å². The summed E-state index contributed by atoms with van der Waals surface area (Å²) >= 11 is 0. The van der Waals surface area contributed by atoms with Crippen LogP contribution in [0.3, 0.4) is 0 Å². The molecule has 0 saturated heterocycles. The van der Waals surface area contributed by atoms with E-state index in [1.165, 1.54) is 4.68 Å². The maximum Gasteiger partial charge on any atom is 0.341 e. The number of methoxy groups -OCH3 is 1. The fourth-order valence-electron chi connectivity index (χ4n) is 1.98. The molecule has 3 N–H and O–H groups in total. The first-order valence-corrected chi connectivity index (χ1v) is 6.35. The molecule has 0 aliphatic heterocycles. The van der Waals surface area contributed by atoms with Gasteiger partial charge in [-0.25, -0.2) is 9.48 Å². The van der Waals surface area contributed by atoms with Crippen LogP contribution in [0.15, 0.2) is 24.3 Å². The predicted molar refractivity (Wildman–Crippen MR) is 77.0 cm³/mol. The number of benzene rings is 1. The van der Waals surface area contributed by atoms with E-state index < -0.39 is 5.97 Å². The van der Waals surface area contributed by atoms with E-state index in [2.05, 4.69) is 5.10 Å². The molecule has 0 fully saturated rings. The van der Waals surface area contributed by atoms with Crippen LogP contribution in [0.2, 0.25) is 0 Å². The van der Waals surface area contributed by atoms with Gasteiger partial charge in [0.25, 0.3) is 0 Å². The Morgan fingerprint density at radius 3 is 2.71 bits per heavy atom. The molecular formula is C14H17N3O4. The van der Waals surface area contributed by atoms with E-state index in [1.807, 2.05) is 6.07 Å². The van der Waals surface area contributed by atoms with Gasteiger partial charge in [-0.3, -0.25) is 0 Å². The second-order valence-electron chi connectivity index (χ2n) is 4.37. The first kappa shape index (κ1) is 14.9. The van der Waals surface area contributed by atoms with Crippen molar-refractivity contribution in [1.82, 2.24) is 9.78 Å². The van der Waals surface area contributed by atoms with Gasteiger partial charge in [0.05, 0.1) is 12.3 Å². The molecule has 0 spiro atoms. The number of hydrogen-bond donors (Lipinski definition) is 2. The molecule has 0 bridgehead atoms. The standard InChI is InChI=1S/C14H17N3O4/c1-9-12(14(18)19)13(15)17(16-9)10-5-3-4-6-11(10)21-8-7-20-2/h3-6H,7-8,15H2,1-2H3,(H,18,19). The van der Waals surface area contributed by atoms with Crippen molar-refractivity contribution in [1.29, 1.82) is 0 Å². The summed E-state index contributed by atoms with van der Waals surface area (Å²) in [5.74, 6) is -0.475. The van der Waals surface area contributed by atoms with Crippen molar-refractivity contribution in [2.75, 3.05) is 26.1 Å². The van der Waals surface area contributed by atoms with Crippen molar-refractivity contribution in [2.24, 2.45) is 0 Å². The minimum atomic E-state index is -1.10. The van der Waals surface area contributed by atoms with Crippen LogP contribution in [-0.4, -0.2) is 41.2 Å². The monoisotopic (exact) mass is 291 g/mol. The minimum Gasteiger partial charge on any atom is -0.489 e. The number of nitrogen functional groups attached to an aromatic ring is 1. The smallest absolute Gasteiger partial charge is 0.341 e. The number of ether oxygens (including phenoxy) is 2. The number of carboxylic acids is 1. The number of carboxylic acid groups (broad SMARTS) is 1. The molecular weight excluding hydrogens is 274 g/mol. The Morgan fingerprint density at radius 1 is 1.38 bits per heavy atom. The molecule has 0 aliphatic carbocycles. The highest BCUT2D eigenvalue weighted by Crippen LogP contribution is 2.27.